The summed E-state index contributed by atoms with van der Waals surface area (Å²) in [6.07, 6.45) is -2.22. The van der Waals surface area contributed by atoms with Crippen LogP contribution in [0.3, 0.4) is 0 Å². The number of hydrogen-bond donors (Lipinski definition) is 1. The van der Waals surface area contributed by atoms with Gasteiger partial charge in [0.25, 0.3) is 0 Å². The van der Waals surface area contributed by atoms with Crippen molar-refractivity contribution in [1.29, 1.82) is 0 Å². The first-order valence-corrected chi connectivity index (χ1v) is 4.53. The third-order valence-corrected chi connectivity index (χ3v) is 1.66. The first kappa shape index (κ1) is 14.4. The lowest BCUT2D eigenvalue weighted by Gasteiger charge is -2.18. The Morgan fingerprint density at radius 3 is 2.47 bits per heavy atom. The van der Waals surface area contributed by atoms with Crippen LogP contribution >= 0.6 is 0 Å². The highest BCUT2D eigenvalue weighted by Gasteiger charge is 2.40. The average Bonchev–Trinajstić information content (AvgIpc) is 2.16. The van der Waals surface area contributed by atoms with Gasteiger partial charge in [0, 0.05) is 6.04 Å². The summed E-state index contributed by atoms with van der Waals surface area (Å²) in [5.41, 5.74) is 0. The van der Waals surface area contributed by atoms with Crippen LogP contribution < -0.4 is 5.32 Å². The Morgan fingerprint density at radius 2 is 2.07 bits per heavy atom. The van der Waals surface area contributed by atoms with Crippen molar-refractivity contribution >= 4 is 0 Å². The average molecular weight is 229 g/mol. The number of nitrogens with one attached hydrogen (secondary N) is 1. The molecule has 0 spiro atoms. The van der Waals surface area contributed by atoms with Gasteiger partial charge in [-0.3, -0.25) is 0 Å². The lowest BCUT2D eigenvalue weighted by molar-refractivity contribution is -0.166. The van der Waals surface area contributed by atoms with Crippen molar-refractivity contribution in [2.75, 3.05) is 19.8 Å². The van der Waals surface area contributed by atoms with Gasteiger partial charge in [0.1, 0.15) is 6.61 Å². The predicted octanol–water partition coefficient (Wildman–Crippen LogP) is 2.07. The Kier molecular flexibility index (Phi) is 6.51. The van der Waals surface area contributed by atoms with E-state index in [1.54, 1.807) is 0 Å². The van der Waals surface area contributed by atoms with Crippen LogP contribution in [0.1, 0.15) is 6.92 Å². The minimum Gasteiger partial charge on any atom is -0.373 e. The number of hydrogen-bond acceptors (Lipinski definition) is 2. The van der Waals surface area contributed by atoms with Gasteiger partial charge in [0.15, 0.2) is 0 Å². The SMILES string of the molecule is C=CC(COCC(F)(F)C(F)F)NCC. The van der Waals surface area contributed by atoms with E-state index in [4.69, 9.17) is 0 Å². The Labute approximate surface area is 86.3 Å². The summed E-state index contributed by atoms with van der Waals surface area (Å²) >= 11 is 0. The van der Waals surface area contributed by atoms with Gasteiger partial charge in [-0.1, -0.05) is 13.0 Å². The normalized spacial score (nSPS) is 14.3. The quantitative estimate of drug-likeness (QED) is 0.508. The molecule has 0 aliphatic carbocycles. The van der Waals surface area contributed by atoms with E-state index in [0.29, 0.717) is 6.54 Å². The standard InChI is InChI=1S/C9H15F4NO/c1-3-7(14-4-2)5-15-6-9(12,13)8(10)11/h3,7-8,14H,1,4-6H2,2H3. The fraction of sp³-hybridized carbons (Fsp3) is 0.778. The maximum atomic E-state index is 12.4. The Balaban J connectivity index is 3.81. The van der Waals surface area contributed by atoms with Gasteiger partial charge in [-0.15, -0.1) is 6.58 Å². The zero-order chi connectivity index (χ0) is 11.9. The van der Waals surface area contributed by atoms with Gasteiger partial charge in [-0.05, 0) is 6.54 Å². The van der Waals surface area contributed by atoms with Crippen molar-refractivity contribution < 1.29 is 22.3 Å². The van der Waals surface area contributed by atoms with Gasteiger partial charge in [0.2, 0.25) is 0 Å². The first-order chi connectivity index (χ1) is 6.94. The molecule has 0 rings (SSSR count). The molecule has 0 saturated heterocycles. The van der Waals surface area contributed by atoms with Crippen molar-refractivity contribution in [2.24, 2.45) is 0 Å². The highest BCUT2D eigenvalue weighted by atomic mass is 19.3. The Hall–Kier alpha value is -0.620. The van der Waals surface area contributed by atoms with Crippen LogP contribution in [0.2, 0.25) is 0 Å². The lowest BCUT2D eigenvalue weighted by Crippen LogP contribution is -2.36. The molecule has 6 heteroatoms. The molecule has 2 nitrogen and oxygen atoms in total. The maximum Gasteiger partial charge on any atom is 0.330 e. The molecule has 0 aromatic heterocycles. The van der Waals surface area contributed by atoms with Crippen LogP contribution in [-0.4, -0.2) is 38.1 Å². The molecule has 0 fully saturated rings. The molecular formula is C9H15F4NO. The third-order valence-electron chi connectivity index (χ3n) is 1.66. The van der Waals surface area contributed by atoms with Crippen molar-refractivity contribution in [3.8, 4) is 0 Å². The molecule has 0 heterocycles. The molecule has 0 aromatic carbocycles. The molecule has 15 heavy (non-hydrogen) atoms. The van der Waals surface area contributed by atoms with E-state index >= 15 is 0 Å². The number of halogens is 4. The summed E-state index contributed by atoms with van der Waals surface area (Å²) in [7, 11) is 0. The highest BCUT2D eigenvalue weighted by Crippen LogP contribution is 2.22. The summed E-state index contributed by atoms with van der Waals surface area (Å²) in [4.78, 5) is 0. The molecule has 0 amide bonds. The minimum atomic E-state index is -4.09. The Bertz CT molecular complexity index is 187. The highest BCUT2D eigenvalue weighted by molar-refractivity contribution is 4.85. The predicted molar refractivity (Wildman–Crippen MR) is 49.4 cm³/mol. The van der Waals surface area contributed by atoms with Crippen molar-refractivity contribution in [3.05, 3.63) is 12.7 Å². The molecule has 1 N–H and O–H groups in total. The zero-order valence-electron chi connectivity index (χ0n) is 8.48. The van der Waals surface area contributed by atoms with Crippen LogP contribution in [0.4, 0.5) is 17.6 Å². The van der Waals surface area contributed by atoms with Crippen molar-refractivity contribution in [2.45, 2.75) is 25.3 Å². The summed E-state index contributed by atoms with van der Waals surface area (Å²) < 4.78 is 52.6. The Morgan fingerprint density at radius 1 is 1.47 bits per heavy atom. The maximum absolute atomic E-state index is 12.4. The van der Waals surface area contributed by atoms with E-state index in [9.17, 15) is 17.6 Å². The smallest absolute Gasteiger partial charge is 0.330 e. The van der Waals surface area contributed by atoms with Gasteiger partial charge < -0.3 is 10.1 Å². The molecule has 0 saturated carbocycles. The monoisotopic (exact) mass is 229 g/mol. The van der Waals surface area contributed by atoms with Crippen molar-refractivity contribution in [1.82, 2.24) is 5.32 Å². The van der Waals surface area contributed by atoms with Crippen LogP contribution in [0.15, 0.2) is 12.7 Å². The van der Waals surface area contributed by atoms with E-state index in [0.717, 1.165) is 0 Å². The summed E-state index contributed by atoms with van der Waals surface area (Å²) in [6.45, 7) is 4.52. The van der Waals surface area contributed by atoms with Crippen LogP contribution in [0.5, 0.6) is 0 Å². The molecule has 0 radical (unpaired) electrons. The number of ether oxygens (including phenoxy) is 1. The second kappa shape index (κ2) is 6.79. The molecule has 0 aliphatic heterocycles. The topological polar surface area (TPSA) is 21.3 Å². The van der Waals surface area contributed by atoms with Gasteiger partial charge in [-0.2, -0.15) is 8.78 Å². The van der Waals surface area contributed by atoms with E-state index in [1.807, 2.05) is 6.92 Å². The summed E-state index contributed by atoms with van der Waals surface area (Å²) in [6, 6.07) is -0.302. The molecule has 0 bridgehead atoms. The molecule has 0 aromatic rings. The summed E-state index contributed by atoms with van der Waals surface area (Å²) in [5, 5.41) is 2.87. The second-order valence-corrected chi connectivity index (χ2v) is 2.98. The van der Waals surface area contributed by atoms with E-state index < -0.39 is 19.0 Å². The minimum absolute atomic E-state index is 0.0976. The molecule has 1 atom stereocenters. The number of rotatable bonds is 8. The molecule has 1 unspecified atom stereocenters. The van der Waals surface area contributed by atoms with E-state index in [2.05, 4.69) is 16.6 Å². The van der Waals surface area contributed by atoms with E-state index in [-0.39, 0.29) is 12.6 Å². The van der Waals surface area contributed by atoms with E-state index in [1.165, 1.54) is 6.08 Å². The largest absolute Gasteiger partial charge is 0.373 e. The second-order valence-electron chi connectivity index (χ2n) is 2.98. The van der Waals surface area contributed by atoms with Gasteiger partial charge >= 0.3 is 12.3 Å². The molecule has 0 aliphatic rings. The molecule has 90 valence electrons. The molecular weight excluding hydrogens is 214 g/mol. The number of likely N-dealkylation sites (N-methyl/N-ethyl adjacent to an activating group) is 1. The van der Waals surface area contributed by atoms with Crippen LogP contribution in [-0.2, 0) is 4.74 Å². The first-order valence-electron chi connectivity index (χ1n) is 4.53. The van der Waals surface area contributed by atoms with Gasteiger partial charge in [0.05, 0.1) is 6.61 Å². The van der Waals surface area contributed by atoms with Crippen LogP contribution in [0, 0.1) is 0 Å². The fourth-order valence-corrected chi connectivity index (χ4v) is 0.857. The number of alkyl halides is 4. The van der Waals surface area contributed by atoms with Crippen LogP contribution in [0.25, 0.3) is 0 Å². The zero-order valence-corrected chi connectivity index (χ0v) is 8.48. The third kappa shape index (κ3) is 5.74. The lowest BCUT2D eigenvalue weighted by atomic mass is 10.3. The fourth-order valence-electron chi connectivity index (χ4n) is 0.857. The van der Waals surface area contributed by atoms with Gasteiger partial charge in [-0.25, -0.2) is 8.78 Å². The summed E-state index contributed by atoms with van der Waals surface area (Å²) in [5.74, 6) is -4.09. The van der Waals surface area contributed by atoms with Crippen molar-refractivity contribution in [3.63, 3.8) is 0 Å².